The number of carbonyl (C=O) groups excluding carboxylic acids is 2. The van der Waals surface area contributed by atoms with E-state index in [0.29, 0.717) is 24.9 Å². The molecular weight excluding hydrogens is 416 g/mol. The monoisotopic (exact) mass is 456 g/mol. The van der Waals surface area contributed by atoms with Crippen molar-refractivity contribution in [1.82, 2.24) is 15.2 Å². The summed E-state index contributed by atoms with van der Waals surface area (Å²) in [7, 11) is 3.93. The molecule has 1 aromatic carbocycles. The van der Waals surface area contributed by atoms with E-state index in [-0.39, 0.29) is 36.3 Å². The molecule has 182 valence electrons. The molecule has 1 aliphatic heterocycles. The van der Waals surface area contributed by atoms with Crippen LogP contribution in [0.15, 0.2) is 18.3 Å². The van der Waals surface area contributed by atoms with Gasteiger partial charge in [-0.15, -0.1) is 0 Å². The number of nitrogens with zero attached hydrogens (tertiary/aromatic N) is 2. The van der Waals surface area contributed by atoms with Crippen molar-refractivity contribution in [2.24, 2.45) is 5.92 Å². The van der Waals surface area contributed by atoms with Gasteiger partial charge >= 0.3 is 0 Å². The average Bonchev–Trinajstić information content (AvgIpc) is 3.20. The Morgan fingerprint density at radius 2 is 2.03 bits per heavy atom. The molecule has 0 saturated heterocycles. The third kappa shape index (κ3) is 5.58. The summed E-state index contributed by atoms with van der Waals surface area (Å²) < 4.78 is 0. The zero-order valence-corrected chi connectivity index (χ0v) is 20.8. The lowest BCUT2D eigenvalue weighted by atomic mass is 9.96. The fourth-order valence-electron chi connectivity index (χ4n) is 4.85. The standard InChI is InChI=1S/C26H40N4O3/c1-6-7-8-12-30-21-10-9-20(22(32)11-13-29(4)5)24-23(21)18(15-27-24)14-19(16-31)28-26(33)25(30)17(2)3/h9-10,15,17,19,25,27,31H,6-8,11-14,16H2,1-5H3,(H,28,33)/t19-,25-/m0/s1. The fourth-order valence-corrected chi connectivity index (χ4v) is 4.85. The minimum Gasteiger partial charge on any atom is -0.394 e. The normalized spacial score (nSPS) is 19.0. The number of anilines is 1. The van der Waals surface area contributed by atoms with Crippen LogP contribution in [0.2, 0.25) is 0 Å². The van der Waals surface area contributed by atoms with Crippen LogP contribution in [0.25, 0.3) is 10.9 Å². The minimum absolute atomic E-state index is 0.0473. The van der Waals surface area contributed by atoms with Crippen molar-refractivity contribution in [2.45, 2.75) is 65.0 Å². The highest BCUT2D eigenvalue weighted by atomic mass is 16.3. The second kappa shape index (κ2) is 11.2. The molecule has 33 heavy (non-hydrogen) atoms. The highest BCUT2D eigenvalue weighted by Crippen LogP contribution is 2.36. The van der Waals surface area contributed by atoms with Crippen LogP contribution < -0.4 is 10.2 Å². The molecule has 7 nitrogen and oxygen atoms in total. The molecule has 0 spiro atoms. The Morgan fingerprint density at radius 3 is 2.67 bits per heavy atom. The number of nitrogens with one attached hydrogen (secondary N) is 2. The van der Waals surface area contributed by atoms with Crippen molar-refractivity contribution in [2.75, 3.05) is 38.7 Å². The van der Waals surface area contributed by atoms with Crippen LogP contribution in [-0.4, -0.2) is 72.6 Å². The Morgan fingerprint density at radius 1 is 1.27 bits per heavy atom. The van der Waals surface area contributed by atoms with Crippen molar-refractivity contribution in [3.05, 3.63) is 29.5 Å². The number of aliphatic hydroxyl groups is 1. The van der Waals surface area contributed by atoms with Gasteiger partial charge in [-0.3, -0.25) is 9.59 Å². The number of amides is 1. The van der Waals surface area contributed by atoms with Gasteiger partial charge in [0.1, 0.15) is 6.04 Å². The highest BCUT2D eigenvalue weighted by molar-refractivity contribution is 6.11. The SMILES string of the molecule is CCCCCN1c2ccc(C(=O)CCN(C)C)c3[nH]cc(c23)C[C@@H](CO)NC(=O)[C@@H]1C(C)C. The summed E-state index contributed by atoms with van der Waals surface area (Å²) in [6.07, 6.45) is 6.07. The molecule has 3 N–H and O–H groups in total. The molecule has 0 bridgehead atoms. The quantitative estimate of drug-likeness (QED) is 0.377. The number of Topliss-reactive ketones (excluding diaryl/α,β-unsaturated/α-hetero) is 1. The molecule has 0 radical (unpaired) electrons. The third-order valence-electron chi connectivity index (χ3n) is 6.56. The van der Waals surface area contributed by atoms with Gasteiger partial charge in [0, 0.05) is 42.3 Å². The number of rotatable bonds is 10. The average molecular weight is 457 g/mol. The van der Waals surface area contributed by atoms with Crippen LogP contribution in [-0.2, 0) is 11.2 Å². The van der Waals surface area contributed by atoms with Crippen LogP contribution in [0.4, 0.5) is 5.69 Å². The Hall–Kier alpha value is -2.38. The molecule has 2 heterocycles. The fraction of sp³-hybridized carbons (Fsp3) is 0.615. The second-order valence-corrected chi connectivity index (χ2v) is 9.85. The van der Waals surface area contributed by atoms with Crippen molar-refractivity contribution < 1.29 is 14.7 Å². The first-order chi connectivity index (χ1) is 15.8. The van der Waals surface area contributed by atoms with E-state index in [4.69, 9.17) is 0 Å². The Kier molecular flexibility index (Phi) is 8.54. The number of hydrogen-bond donors (Lipinski definition) is 3. The van der Waals surface area contributed by atoms with E-state index in [2.05, 4.69) is 36.0 Å². The summed E-state index contributed by atoms with van der Waals surface area (Å²) in [5.74, 6) is 0.145. The number of unbranched alkanes of at least 4 members (excludes halogenated alkanes) is 2. The molecule has 2 atom stereocenters. The van der Waals surface area contributed by atoms with Gasteiger partial charge in [0.05, 0.1) is 18.2 Å². The second-order valence-electron chi connectivity index (χ2n) is 9.85. The van der Waals surface area contributed by atoms with Gasteiger partial charge in [0.25, 0.3) is 0 Å². The molecule has 3 rings (SSSR count). The van der Waals surface area contributed by atoms with Gasteiger partial charge in [-0.1, -0.05) is 33.6 Å². The zero-order chi connectivity index (χ0) is 24.1. The predicted octanol–water partition coefficient (Wildman–Crippen LogP) is 3.36. The van der Waals surface area contributed by atoms with Gasteiger partial charge in [-0.25, -0.2) is 0 Å². The summed E-state index contributed by atoms with van der Waals surface area (Å²) in [6, 6.07) is 3.22. The highest BCUT2D eigenvalue weighted by Gasteiger charge is 2.34. The topological polar surface area (TPSA) is 88.7 Å². The summed E-state index contributed by atoms with van der Waals surface area (Å²) in [5.41, 5.74) is 3.54. The molecule has 1 aliphatic rings. The van der Waals surface area contributed by atoms with Crippen molar-refractivity contribution in [3.63, 3.8) is 0 Å². The lowest BCUT2D eigenvalue weighted by molar-refractivity contribution is -0.124. The first-order valence-electron chi connectivity index (χ1n) is 12.3. The lowest BCUT2D eigenvalue weighted by Gasteiger charge is -2.36. The van der Waals surface area contributed by atoms with E-state index in [1.807, 2.05) is 37.3 Å². The van der Waals surface area contributed by atoms with Gasteiger partial charge in [0.15, 0.2) is 5.78 Å². The number of aromatic amines is 1. The molecule has 0 unspecified atom stereocenters. The molecule has 1 amide bonds. The van der Waals surface area contributed by atoms with E-state index >= 15 is 0 Å². The Bertz CT molecular complexity index is 966. The smallest absolute Gasteiger partial charge is 0.243 e. The number of ketones is 1. The van der Waals surface area contributed by atoms with E-state index in [9.17, 15) is 14.7 Å². The van der Waals surface area contributed by atoms with E-state index < -0.39 is 0 Å². The molecule has 0 saturated carbocycles. The third-order valence-corrected chi connectivity index (χ3v) is 6.56. The summed E-state index contributed by atoms with van der Waals surface area (Å²) in [6.45, 7) is 7.64. The van der Waals surface area contributed by atoms with Gasteiger partial charge in [-0.2, -0.15) is 0 Å². The Labute approximate surface area is 197 Å². The predicted molar refractivity (Wildman–Crippen MR) is 134 cm³/mol. The number of aromatic nitrogens is 1. The number of H-pyrrole nitrogens is 1. The summed E-state index contributed by atoms with van der Waals surface area (Å²) in [5, 5.41) is 14.1. The van der Waals surface area contributed by atoms with Crippen LogP contribution in [0, 0.1) is 5.92 Å². The number of carbonyl (C=O) groups is 2. The first kappa shape index (κ1) is 25.2. The first-order valence-corrected chi connectivity index (χ1v) is 12.3. The van der Waals surface area contributed by atoms with E-state index in [1.54, 1.807) is 0 Å². The Balaban J connectivity index is 2.17. The molecule has 2 aromatic rings. The van der Waals surface area contributed by atoms with Crippen molar-refractivity contribution >= 4 is 28.3 Å². The number of aliphatic hydroxyl groups excluding tert-OH is 1. The van der Waals surface area contributed by atoms with Crippen molar-refractivity contribution in [1.29, 1.82) is 0 Å². The lowest BCUT2D eigenvalue weighted by Crippen LogP contribution is -2.53. The molecule has 0 fully saturated rings. The minimum atomic E-state index is -0.366. The maximum atomic E-state index is 13.4. The number of hydrogen-bond acceptors (Lipinski definition) is 5. The molecular formula is C26H40N4O3. The van der Waals surface area contributed by atoms with Crippen LogP contribution >= 0.6 is 0 Å². The maximum absolute atomic E-state index is 13.4. The van der Waals surface area contributed by atoms with Gasteiger partial charge < -0.3 is 25.2 Å². The van der Waals surface area contributed by atoms with Gasteiger partial charge in [-0.05, 0) is 50.6 Å². The molecule has 1 aromatic heterocycles. The van der Waals surface area contributed by atoms with Gasteiger partial charge in [0.2, 0.25) is 5.91 Å². The van der Waals surface area contributed by atoms with E-state index in [0.717, 1.165) is 48.0 Å². The summed E-state index contributed by atoms with van der Waals surface area (Å²) >= 11 is 0. The van der Waals surface area contributed by atoms with Crippen LogP contribution in [0.3, 0.4) is 0 Å². The molecule has 7 heteroatoms. The van der Waals surface area contributed by atoms with Crippen LogP contribution in [0.1, 0.15) is 62.4 Å². The largest absolute Gasteiger partial charge is 0.394 e. The summed E-state index contributed by atoms with van der Waals surface area (Å²) in [4.78, 5) is 34.0. The van der Waals surface area contributed by atoms with Crippen molar-refractivity contribution in [3.8, 4) is 0 Å². The number of benzene rings is 1. The van der Waals surface area contributed by atoms with Crippen LogP contribution in [0.5, 0.6) is 0 Å². The zero-order valence-electron chi connectivity index (χ0n) is 20.8. The molecule has 0 aliphatic carbocycles. The van der Waals surface area contributed by atoms with E-state index in [1.165, 1.54) is 0 Å². The maximum Gasteiger partial charge on any atom is 0.243 e.